The molecule has 0 spiro atoms. The van der Waals surface area contributed by atoms with E-state index in [1.165, 1.54) is 6.07 Å². The van der Waals surface area contributed by atoms with Crippen molar-refractivity contribution in [3.05, 3.63) is 53.6 Å². The Morgan fingerprint density at radius 3 is 2.31 bits per heavy atom. The molecule has 0 aromatic heterocycles. The first-order valence-electron chi connectivity index (χ1n) is 7.04. The van der Waals surface area contributed by atoms with E-state index in [0.29, 0.717) is 6.07 Å². The van der Waals surface area contributed by atoms with Gasteiger partial charge in [0.2, 0.25) is 10.0 Å². The Morgan fingerprint density at radius 1 is 1.04 bits per heavy atom. The van der Waals surface area contributed by atoms with Crippen LogP contribution in [0.5, 0.6) is 5.75 Å². The van der Waals surface area contributed by atoms with Gasteiger partial charge in [-0.3, -0.25) is 0 Å². The van der Waals surface area contributed by atoms with Crippen LogP contribution in [-0.2, 0) is 16.2 Å². The predicted molar refractivity (Wildman–Crippen MR) is 83.2 cm³/mol. The fourth-order valence-corrected chi connectivity index (χ4v) is 2.55. The van der Waals surface area contributed by atoms with E-state index in [2.05, 4.69) is 5.32 Å². The predicted octanol–water partition coefficient (Wildman–Crippen LogP) is 3.12. The normalized spacial score (nSPS) is 12.1. The molecule has 11 heteroatoms. The maximum atomic E-state index is 13.1. The van der Waals surface area contributed by atoms with Gasteiger partial charge in [0.15, 0.2) is 11.6 Å². The van der Waals surface area contributed by atoms with E-state index in [-0.39, 0.29) is 24.6 Å². The minimum absolute atomic E-state index is 0.00585. The number of rotatable bonds is 6. The molecule has 2 rings (SSSR count). The third-order valence-electron chi connectivity index (χ3n) is 3.20. The van der Waals surface area contributed by atoms with Crippen LogP contribution in [0.2, 0.25) is 0 Å². The fourth-order valence-electron chi connectivity index (χ4n) is 2.01. The van der Waals surface area contributed by atoms with Crippen LogP contribution >= 0.6 is 0 Å². The first-order chi connectivity index (χ1) is 12.0. The molecule has 0 bridgehead atoms. The smallest absolute Gasteiger partial charge is 0.418 e. The highest BCUT2D eigenvalue weighted by Crippen LogP contribution is 2.36. The largest absolute Gasteiger partial charge is 0.492 e. The summed E-state index contributed by atoms with van der Waals surface area (Å²) >= 11 is 0. The maximum Gasteiger partial charge on any atom is 0.418 e. The lowest BCUT2D eigenvalue weighted by molar-refractivity contribution is -0.137. The zero-order chi connectivity index (χ0) is 19.5. The molecule has 26 heavy (non-hydrogen) atoms. The number of hydrogen-bond acceptors (Lipinski definition) is 4. The van der Waals surface area contributed by atoms with Crippen LogP contribution in [-0.4, -0.2) is 21.6 Å². The third-order valence-corrected chi connectivity index (χ3v) is 4.11. The lowest BCUT2D eigenvalue weighted by Crippen LogP contribution is -2.18. The molecule has 0 saturated carbocycles. The number of halogens is 5. The summed E-state index contributed by atoms with van der Waals surface area (Å²) < 4.78 is 92.6. The first kappa shape index (κ1) is 19.9. The minimum Gasteiger partial charge on any atom is -0.492 e. The van der Waals surface area contributed by atoms with Crippen molar-refractivity contribution in [1.29, 1.82) is 0 Å². The zero-order valence-electron chi connectivity index (χ0n) is 13.0. The third kappa shape index (κ3) is 5.05. The second-order valence-corrected chi connectivity index (χ2v) is 6.66. The van der Waals surface area contributed by atoms with Crippen molar-refractivity contribution in [1.82, 2.24) is 0 Å². The number of hydrogen-bond donors (Lipinski definition) is 2. The summed E-state index contributed by atoms with van der Waals surface area (Å²) in [6.45, 7) is -0.268. The van der Waals surface area contributed by atoms with E-state index in [4.69, 9.17) is 9.88 Å². The zero-order valence-corrected chi connectivity index (χ0v) is 13.8. The summed E-state index contributed by atoms with van der Waals surface area (Å²) in [5.41, 5.74) is -1.59. The van der Waals surface area contributed by atoms with Gasteiger partial charge in [-0.15, -0.1) is 0 Å². The van der Waals surface area contributed by atoms with Crippen LogP contribution in [0.1, 0.15) is 5.56 Å². The Morgan fingerprint density at radius 2 is 1.73 bits per heavy atom. The number of nitrogens with two attached hydrogens (primary N) is 1. The van der Waals surface area contributed by atoms with Gasteiger partial charge in [0, 0.05) is 18.3 Å². The van der Waals surface area contributed by atoms with E-state index < -0.39 is 38.3 Å². The Labute approximate surface area is 145 Å². The van der Waals surface area contributed by atoms with Crippen molar-refractivity contribution in [2.45, 2.75) is 11.1 Å². The molecule has 0 unspecified atom stereocenters. The van der Waals surface area contributed by atoms with E-state index in [9.17, 15) is 30.4 Å². The van der Waals surface area contributed by atoms with Crippen molar-refractivity contribution in [2.75, 3.05) is 18.5 Å². The quantitative estimate of drug-likeness (QED) is 0.581. The summed E-state index contributed by atoms with van der Waals surface area (Å²) in [5.74, 6) is -2.17. The van der Waals surface area contributed by atoms with Crippen molar-refractivity contribution < 1.29 is 35.1 Å². The van der Waals surface area contributed by atoms with Gasteiger partial charge < -0.3 is 10.1 Å². The van der Waals surface area contributed by atoms with Crippen molar-refractivity contribution in [2.24, 2.45) is 5.14 Å². The average Bonchev–Trinajstić information content (AvgIpc) is 2.53. The van der Waals surface area contributed by atoms with Crippen LogP contribution in [0.15, 0.2) is 41.3 Å². The van der Waals surface area contributed by atoms with Gasteiger partial charge in [0.05, 0.1) is 10.5 Å². The molecule has 0 heterocycles. The topological polar surface area (TPSA) is 81.4 Å². The average molecular weight is 396 g/mol. The number of ether oxygens (including phenoxy) is 1. The highest BCUT2D eigenvalue weighted by Gasteiger charge is 2.34. The molecule has 3 N–H and O–H groups in total. The summed E-state index contributed by atoms with van der Waals surface area (Å²) in [7, 11) is -4.29. The molecule has 0 saturated heterocycles. The van der Waals surface area contributed by atoms with Crippen LogP contribution in [0.25, 0.3) is 0 Å². The molecular weight excluding hydrogens is 383 g/mol. The van der Waals surface area contributed by atoms with Gasteiger partial charge in [-0.2, -0.15) is 13.2 Å². The first-order valence-corrected chi connectivity index (χ1v) is 8.59. The molecule has 0 fully saturated rings. The molecule has 2 aromatic carbocycles. The number of sulfonamides is 1. The fraction of sp³-hybridized carbons (Fsp3) is 0.200. The van der Waals surface area contributed by atoms with E-state index in [0.717, 1.165) is 24.3 Å². The van der Waals surface area contributed by atoms with Gasteiger partial charge in [-0.1, -0.05) is 0 Å². The van der Waals surface area contributed by atoms with E-state index in [1.54, 1.807) is 0 Å². The summed E-state index contributed by atoms with van der Waals surface area (Å²) in [6, 6.07) is 5.11. The lowest BCUT2D eigenvalue weighted by Gasteiger charge is -2.16. The van der Waals surface area contributed by atoms with Gasteiger partial charge in [0.25, 0.3) is 0 Å². The monoisotopic (exact) mass is 396 g/mol. The molecule has 0 aliphatic carbocycles. The molecule has 142 valence electrons. The number of benzene rings is 2. The van der Waals surface area contributed by atoms with Crippen LogP contribution in [0, 0.1) is 11.6 Å². The number of primary sulfonamides is 1. The van der Waals surface area contributed by atoms with Crippen molar-refractivity contribution in [3.8, 4) is 5.75 Å². The molecule has 5 nitrogen and oxygen atoms in total. The molecule has 0 amide bonds. The molecule has 2 aromatic rings. The molecule has 0 aliphatic rings. The van der Waals surface area contributed by atoms with E-state index >= 15 is 0 Å². The SMILES string of the molecule is NS(=O)(=O)c1ccc(NCCOc2ccc(F)c(F)c2)c(C(F)(F)F)c1. The number of alkyl halides is 3. The van der Waals surface area contributed by atoms with Gasteiger partial charge in [0.1, 0.15) is 12.4 Å². The summed E-state index contributed by atoms with van der Waals surface area (Å²) in [5, 5.41) is 7.28. The molecule has 0 aliphatic heterocycles. The van der Waals surface area contributed by atoms with Crippen LogP contribution < -0.4 is 15.2 Å². The minimum atomic E-state index is -4.82. The van der Waals surface area contributed by atoms with Gasteiger partial charge in [-0.05, 0) is 30.3 Å². The van der Waals surface area contributed by atoms with E-state index in [1.807, 2.05) is 0 Å². The molecule has 0 radical (unpaired) electrons. The Kier molecular flexibility index (Phi) is 5.71. The standard InChI is InChI=1S/C15H13F5N2O3S/c16-12-3-1-9(7-13(12)17)25-6-5-22-14-4-2-10(26(21,23)24)8-11(14)15(18,19)20/h1-4,7-8,22H,5-6H2,(H2,21,23,24). The summed E-state index contributed by atoms with van der Waals surface area (Å²) in [6.07, 6.45) is -4.82. The lowest BCUT2D eigenvalue weighted by atomic mass is 10.1. The number of nitrogens with one attached hydrogen (secondary N) is 1. The van der Waals surface area contributed by atoms with Crippen molar-refractivity contribution in [3.63, 3.8) is 0 Å². The second-order valence-electron chi connectivity index (χ2n) is 5.10. The maximum absolute atomic E-state index is 13.1. The van der Waals surface area contributed by atoms with Crippen molar-refractivity contribution >= 4 is 15.7 Å². The number of anilines is 1. The Bertz CT molecular complexity index is 901. The van der Waals surface area contributed by atoms with Crippen LogP contribution in [0.3, 0.4) is 0 Å². The van der Waals surface area contributed by atoms with Gasteiger partial charge in [-0.25, -0.2) is 22.3 Å². The van der Waals surface area contributed by atoms with Crippen LogP contribution in [0.4, 0.5) is 27.6 Å². The van der Waals surface area contributed by atoms with Gasteiger partial charge >= 0.3 is 6.18 Å². The highest BCUT2D eigenvalue weighted by atomic mass is 32.2. The summed E-state index contributed by atoms with van der Waals surface area (Å²) in [4.78, 5) is -0.673. The molecular formula is C15H13F5N2O3S. The Hall–Kier alpha value is -2.40. The Balaban J connectivity index is 2.07. The molecule has 0 atom stereocenters. The second kappa shape index (κ2) is 7.46. The highest BCUT2D eigenvalue weighted by molar-refractivity contribution is 7.89.